The zero-order chi connectivity index (χ0) is 31.8. The Bertz CT molecular complexity index is 1770. The Morgan fingerprint density at radius 2 is 1.98 bits per heavy atom. The molecule has 0 aliphatic carbocycles. The predicted molar refractivity (Wildman–Crippen MR) is 165 cm³/mol. The molecule has 1 aliphatic rings. The maximum Gasteiger partial charge on any atom is 0.333 e. The fourth-order valence-electron chi connectivity index (χ4n) is 5.52. The van der Waals surface area contributed by atoms with Gasteiger partial charge in [-0.05, 0) is 71.7 Å². The van der Waals surface area contributed by atoms with Gasteiger partial charge in [-0.25, -0.2) is 18.4 Å². The summed E-state index contributed by atoms with van der Waals surface area (Å²) >= 11 is 1.24. The number of methoxy groups -OCH3 is 1. The van der Waals surface area contributed by atoms with E-state index in [-0.39, 0.29) is 18.7 Å². The van der Waals surface area contributed by atoms with Crippen LogP contribution >= 0.6 is 11.3 Å². The molecule has 4 heterocycles. The van der Waals surface area contributed by atoms with Crippen LogP contribution in [0.15, 0.2) is 46.2 Å². The van der Waals surface area contributed by atoms with Crippen molar-refractivity contribution in [2.24, 2.45) is 0 Å². The molecule has 1 amide bonds. The van der Waals surface area contributed by atoms with Crippen molar-refractivity contribution < 1.29 is 23.4 Å². The normalized spacial score (nSPS) is 15.2. The van der Waals surface area contributed by atoms with Gasteiger partial charge in [0.15, 0.2) is 0 Å². The molecule has 44 heavy (non-hydrogen) atoms. The third kappa shape index (κ3) is 5.95. The first kappa shape index (κ1) is 31.6. The van der Waals surface area contributed by atoms with E-state index in [1.165, 1.54) is 41.2 Å². The molecule has 4 aromatic rings. The van der Waals surface area contributed by atoms with E-state index in [0.717, 1.165) is 4.57 Å². The molecule has 11 nitrogen and oxygen atoms in total. The number of amides is 1. The molecule has 13 heteroatoms. The summed E-state index contributed by atoms with van der Waals surface area (Å²) in [5.41, 5.74) is -1.76. The van der Waals surface area contributed by atoms with Crippen molar-refractivity contribution in [1.82, 2.24) is 24.2 Å². The monoisotopic (exact) mass is 627 g/mol. The lowest BCUT2D eigenvalue weighted by Crippen LogP contribution is -2.56. The quantitative estimate of drug-likeness (QED) is 0.282. The molecule has 0 saturated carbocycles. The van der Waals surface area contributed by atoms with Gasteiger partial charge in [0.1, 0.15) is 33.0 Å². The number of halogens is 1. The van der Waals surface area contributed by atoms with Crippen LogP contribution in [-0.2, 0) is 26.4 Å². The first-order valence-electron chi connectivity index (χ1n) is 14.6. The van der Waals surface area contributed by atoms with Crippen molar-refractivity contribution in [2.45, 2.75) is 77.8 Å². The van der Waals surface area contributed by atoms with Gasteiger partial charge in [-0.15, -0.1) is 0 Å². The molecule has 0 bridgehead atoms. The lowest BCUT2D eigenvalue weighted by Gasteiger charge is -2.31. The zero-order valence-corrected chi connectivity index (χ0v) is 26.6. The van der Waals surface area contributed by atoms with Crippen LogP contribution in [0.1, 0.15) is 57.8 Å². The van der Waals surface area contributed by atoms with E-state index in [1.54, 1.807) is 43.9 Å². The van der Waals surface area contributed by atoms with Crippen LogP contribution in [0, 0.1) is 12.7 Å². The summed E-state index contributed by atoms with van der Waals surface area (Å²) in [4.78, 5) is 42.5. The molecule has 1 N–H and O–H groups in total. The molecule has 1 aliphatic heterocycles. The van der Waals surface area contributed by atoms with Crippen LogP contribution in [-0.4, -0.2) is 57.3 Å². The first-order valence-corrected chi connectivity index (χ1v) is 15.4. The number of aromatic nitrogens is 4. The molecule has 5 rings (SSSR count). The third-order valence-corrected chi connectivity index (χ3v) is 9.15. The van der Waals surface area contributed by atoms with E-state index in [0.29, 0.717) is 58.1 Å². The number of hydrogen-bond donors (Lipinski definition) is 1. The summed E-state index contributed by atoms with van der Waals surface area (Å²) in [7, 11) is 1.49. The molecule has 1 saturated heterocycles. The van der Waals surface area contributed by atoms with Crippen LogP contribution in [0.25, 0.3) is 15.2 Å². The second kappa shape index (κ2) is 12.7. The lowest BCUT2D eigenvalue weighted by atomic mass is 10.0. The van der Waals surface area contributed by atoms with Crippen LogP contribution in [0.4, 0.5) is 4.39 Å². The Balaban J connectivity index is 1.77. The largest absolute Gasteiger partial charge is 0.496 e. The number of carbonyl (C=O) groups is 1. The summed E-state index contributed by atoms with van der Waals surface area (Å²) in [5, 5.41) is 8.13. The van der Waals surface area contributed by atoms with Gasteiger partial charge in [0, 0.05) is 42.8 Å². The van der Waals surface area contributed by atoms with E-state index in [9.17, 15) is 18.8 Å². The molecular formula is C31H38FN5O6S. The van der Waals surface area contributed by atoms with E-state index in [4.69, 9.17) is 14.2 Å². The fraction of sp³-hybridized carbons (Fsp3) is 0.484. The van der Waals surface area contributed by atoms with Crippen LogP contribution < -0.4 is 21.3 Å². The highest BCUT2D eigenvalue weighted by molar-refractivity contribution is 7.21. The number of nitrogens with one attached hydrogen (secondary N) is 1. The van der Waals surface area contributed by atoms with Crippen molar-refractivity contribution in [3.05, 3.63) is 74.4 Å². The van der Waals surface area contributed by atoms with Crippen molar-refractivity contribution in [2.75, 3.05) is 20.3 Å². The first-order chi connectivity index (χ1) is 20.9. The highest BCUT2D eigenvalue weighted by Gasteiger charge is 2.36. The number of nitrogens with zero attached hydrogens (tertiary/aromatic N) is 4. The summed E-state index contributed by atoms with van der Waals surface area (Å²) in [6, 6.07) is 5.72. The molecule has 1 atom stereocenters. The minimum absolute atomic E-state index is 0.0762. The van der Waals surface area contributed by atoms with Crippen molar-refractivity contribution in [3.63, 3.8) is 0 Å². The van der Waals surface area contributed by atoms with Crippen LogP contribution in [0.5, 0.6) is 5.75 Å². The highest BCUT2D eigenvalue weighted by Crippen LogP contribution is 2.35. The summed E-state index contributed by atoms with van der Waals surface area (Å²) in [5.74, 6) is -0.555. The number of hydrogen-bond acceptors (Lipinski definition) is 8. The van der Waals surface area contributed by atoms with Gasteiger partial charge >= 0.3 is 5.69 Å². The third-order valence-electron chi connectivity index (χ3n) is 7.85. The average Bonchev–Trinajstić information content (AvgIpc) is 3.63. The topological polar surface area (TPSA) is 119 Å². The summed E-state index contributed by atoms with van der Waals surface area (Å²) < 4.78 is 36.5. The zero-order valence-electron chi connectivity index (χ0n) is 25.8. The second-order valence-corrected chi connectivity index (χ2v) is 12.7. The van der Waals surface area contributed by atoms with E-state index >= 15 is 0 Å². The number of ether oxygens (including phenoxy) is 3. The summed E-state index contributed by atoms with van der Waals surface area (Å²) in [6.45, 7) is 9.46. The summed E-state index contributed by atoms with van der Waals surface area (Å²) in [6.07, 6.45) is 3.59. The highest BCUT2D eigenvalue weighted by atomic mass is 32.1. The molecule has 1 fully saturated rings. The lowest BCUT2D eigenvalue weighted by molar-refractivity contribution is -0.129. The maximum absolute atomic E-state index is 14.7. The number of thiophene rings is 1. The second-order valence-electron chi connectivity index (χ2n) is 11.7. The average molecular weight is 628 g/mol. The van der Waals surface area contributed by atoms with Crippen molar-refractivity contribution in [3.8, 4) is 10.8 Å². The number of benzene rings is 1. The maximum atomic E-state index is 14.7. The van der Waals surface area contributed by atoms with E-state index in [2.05, 4.69) is 10.4 Å². The standard InChI is InChI=1S/C31H38FN5O6S/c1-18(2)34-29(39)31(4,5)37-26(38)25-19(3)27(36-13-7-12-33-36)44-28(25)35(30(37)40)17-24(43-21-10-14-42-15-11-21)22-16-20(32)8-9-23(22)41-6/h7-9,12-13,16,18,21,24H,10-11,14-15,17H2,1-6H3,(H,34,39)/t24-/m0/s1. The molecule has 0 unspecified atom stereocenters. The Labute approximate surface area is 258 Å². The predicted octanol–water partition coefficient (Wildman–Crippen LogP) is 4.06. The molecular weight excluding hydrogens is 589 g/mol. The number of rotatable bonds is 10. The van der Waals surface area contributed by atoms with E-state index < -0.39 is 34.6 Å². The van der Waals surface area contributed by atoms with Crippen LogP contribution in [0.2, 0.25) is 0 Å². The van der Waals surface area contributed by atoms with Gasteiger partial charge < -0.3 is 19.5 Å². The van der Waals surface area contributed by atoms with Gasteiger partial charge in [-0.1, -0.05) is 11.3 Å². The molecule has 1 aromatic carbocycles. The molecule has 3 aromatic heterocycles. The Hall–Kier alpha value is -3.81. The van der Waals surface area contributed by atoms with Gasteiger partial charge in [-0.3, -0.25) is 14.2 Å². The number of aryl methyl sites for hydroxylation is 1. The van der Waals surface area contributed by atoms with E-state index in [1.807, 2.05) is 13.8 Å². The molecule has 0 spiro atoms. The Morgan fingerprint density at radius 3 is 2.61 bits per heavy atom. The van der Waals surface area contributed by atoms with Crippen molar-refractivity contribution >= 4 is 27.5 Å². The van der Waals surface area contributed by atoms with Gasteiger partial charge in [0.2, 0.25) is 5.91 Å². The molecule has 236 valence electrons. The van der Waals surface area contributed by atoms with Gasteiger partial charge in [-0.2, -0.15) is 5.10 Å². The number of fused-ring (bicyclic) bond motifs is 1. The van der Waals surface area contributed by atoms with Crippen molar-refractivity contribution in [1.29, 1.82) is 0 Å². The SMILES string of the molecule is COc1ccc(F)cc1[C@H](Cn1c(=O)n(C(C)(C)C(=O)NC(C)C)c(=O)c2c(C)c(-n3cccn3)sc21)OC1CCOCC1. The minimum atomic E-state index is -1.54. The Morgan fingerprint density at radius 1 is 1.25 bits per heavy atom. The fourth-order valence-corrected chi connectivity index (χ4v) is 6.76. The van der Waals surface area contributed by atoms with Crippen LogP contribution in [0.3, 0.4) is 0 Å². The van der Waals surface area contributed by atoms with Gasteiger partial charge in [0.25, 0.3) is 5.56 Å². The van der Waals surface area contributed by atoms with Gasteiger partial charge in [0.05, 0.1) is 25.1 Å². The number of carbonyl (C=O) groups excluding carboxylic acids is 1. The smallest absolute Gasteiger partial charge is 0.333 e. The minimum Gasteiger partial charge on any atom is -0.496 e. The Kier molecular flexibility index (Phi) is 9.10. The molecule has 0 radical (unpaired) electrons.